The molecule has 0 saturated carbocycles. The van der Waals surface area contributed by atoms with Gasteiger partial charge in [-0.25, -0.2) is 0 Å². The van der Waals surface area contributed by atoms with Crippen LogP contribution in [0.25, 0.3) is 0 Å². The minimum absolute atomic E-state index is 0.192. The number of carbonyl (C=O) groups is 2. The zero-order chi connectivity index (χ0) is 17.0. The average Bonchev–Trinajstić information content (AvgIpc) is 2.52. The molecule has 0 fully saturated rings. The van der Waals surface area contributed by atoms with Gasteiger partial charge in [0.25, 0.3) is 0 Å². The van der Waals surface area contributed by atoms with Crippen LogP contribution < -0.4 is 10.6 Å². The second kappa shape index (κ2) is 7.49. The first-order valence-corrected chi connectivity index (χ1v) is 7.81. The molecule has 23 heavy (non-hydrogen) atoms. The average molecular weight is 351 g/mol. The van der Waals surface area contributed by atoms with Gasteiger partial charge in [-0.2, -0.15) is 0 Å². The van der Waals surface area contributed by atoms with Crippen LogP contribution >= 0.6 is 23.2 Å². The number of anilines is 2. The molecule has 0 aliphatic carbocycles. The summed E-state index contributed by atoms with van der Waals surface area (Å²) in [5, 5.41) is 5.56. The van der Waals surface area contributed by atoms with Crippen molar-refractivity contribution >= 4 is 46.4 Å². The third-order valence-corrected chi connectivity index (χ3v) is 4.06. The predicted octanol–water partition coefficient (Wildman–Crippen LogP) is 4.69. The molecule has 2 rings (SSSR count). The lowest BCUT2D eigenvalue weighted by atomic mass is 10.0. The summed E-state index contributed by atoms with van der Waals surface area (Å²) < 4.78 is 0. The molecule has 2 amide bonds. The van der Waals surface area contributed by atoms with Crippen LogP contribution in [0.1, 0.15) is 25.3 Å². The van der Waals surface area contributed by atoms with Crippen LogP contribution in [0.2, 0.25) is 10.0 Å². The Hall–Kier alpha value is -2.04. The van der Waals surface area contributed by atoms with Gasteiger partial charge in [0.15, 0.2) is 0 Å². The van der Waals surface area contributed by atoms with E-state index in [0.717, 1.165) is 5.56 Å². The van der Waals surface area contributed by atoms with Crippen molar-refractivity contribution in [3.63, 3.8) is 0 Å². The minimum atomic E-state index is -0.812. The molecule has 0 atom stereocenters. The molecule has 2 aromatic rings. The highest BCUT2D eigenvalue weighted by atomic mass is 35.5. The lowest BCUT2D eigenvalue weighted by molar-refractivity contribution is -0.133. The first-order chi connectivity index (χ1) is 10.9. The van der Waals surface area contributed by atoms with E-state index in [1.807, 2.05) is 26.0 Å². The fourth-order valence-electron chi connectivity index (χ4n) is 2.07. The van der Waals surface area contributed by atoms with Crippen LogP contribution in [-0.4, -0.2) is 11.8 Å². The van der Waals surface area contributed by atoms with Crippen LogP contribution in [0, 0.1) is 0 Å². The molecule has 0 unspecified atom stereocenters. The first kappa shape index (κ1) is 17.3. The number of rotatable bonds is 3. The van der Waals surface area contributed by atoms with Gasteiger partial charge in [-0.3, -0.25) is 9.59 Å². The Bertz CT molecular complexity index is 745. The molecule has 0 spiro atoms. The summed E-state index contributed by atoms with van der Waals surface area (Å²) in [4.78, 5) is 24.1. The highest BCUT2D eigenvalue weighted by molar-refractivity contribution is 6.47. The smallest absolute Gasteiger partial charge is 0.314 e. The highest BCUT2D eigenvalue weighted by Gasteiger charge is 2.18. The molecule has 120 valence electrons. The third kappa shape index (κ3) is 4.24. The van der Waals surface area contributed by atoms with Crippen molar-refractivity contribution < 1.29 is 9.59 Å². The maximum absolute atomic E-state index is 12.1. The molecule has 4 nitrogen and oxygen atoms in total. The molecular weight excluding hydrogens is 335 g/mol. The SMILES string of the molecule is CC(C)c1ccccc1NC(=O)C(=O)Nc1cccc(Cl)c1Cl. The maximum Gasteiger partial charge on any atom is 0.314 e. The molecule has 0 saturated heterocycles. The Labute approximate surface area is 144 Å². The van der Waals surface area contributed by atoms with Crippen molar-refractivity contribution in [1.29, 1.82) is 0 Å². The molecule has 0 heterocycles. The standard InChI is InChI=1S/C17H16Cl2N2O2/c1-10(2)11-6-3-4-8-13(11)20-16(22)17(23)21-14-9-5-7-12(18)15(14)19/h3-10H,1-2H3,(H,20,22)(H,21,23). The van der Waals surface area contributed by atoms with Gasteiger partial charge in [0, 0.05) is 5.69 Å². The largest absolute Gasteiger partial charge is 0.318 e. The number of amides is 2. The van der Waals surface area contributed by atoms with E-state index in [0.29, 0.717) is 10.7 Å². The van der Waals surface area contributed by atoms with Crippen molar-refractivity contribution in [2.45, 2.75) is 19.8 Å². The molecule has 6 heteroatoms. The Balaban J connectivity index is 2.12. The summed E-state index contributed by atoms with van der Waals surface area (Å²) in [6.07, 6.45) is 0. The molecule has 2 aromatic carbocycles. The number of hydrogen-bond acceptors (Lipinski definition) is 2. The molecule has 0 aliphatic rings. The van der Waals surface area contributed by atoms with E-state index in [2.05, 4.69) is 10.6 Å². The number of halogens is 2. The van der Waals surface area contributed by atoms with Gasteiger partial charge in [-0.05, 0) is 29.7 Å². The molecule has 0 bridgehead atoms. The van der Waals surface area contributed by atoms with Crippen molar-refractivity contribution in [2.75, 3.05) is 10.6 Å². The van der Waals surface area contributed by atoms with Crippen molar-refractivity contribution in [3.8, 4) is 0 Å². The van der Waals surface area contributed by atoms with E-state index in [4.69, 9.17) is 23.2 Å². The zero-order valence-electron chi connectivity index (χ0n) is 12.7. The van der Waals surface area contributed by atoms with Gasteiger partial charge in [0.1, 0.15) is 0 Å². The summed E-state index contributed by atoms with van der Waals surface area (Å²) >= 11 is 11.9. The summed E-state index contributed by atoms with van der Waals surface area (Å²) in [5.74, 6) is -1.36. The molecule has 0 aliphatic heterocycles. The van der Waals surface area contributed by atoms with Crippen LogP contribution in [0.5, 0.6) is 0 Å². The van der Waals surface area contributed by atoms with E-state index in [1.54, 1.807) is 30.3 Å². The van der Waals surface area contributed by atoms with Gasteiger partial charge in [0.2, 0.25) is 0 Å². The fraction of sp³-hybridized carbons (Fsp3) is 0.176. The highest BCUT2D eigenvalue weighted by Crippen LogP contribution is 2.29. The zero-order valence-corrected chi connectivity index (χ0v) is 14.2. The van der Waals surface area contributed by atoms with Gasteiger partial charge in [0.05, 0.1) is 15.7 Å². The van der Waals surface area contributed by atoms with E-state index in [9.17, 15) is 9.59 Å². The van der Waals surface area contributed by atoms with Gasteiger partial charge in [-0.1, -0.05) is 61.3 Å². The lowest BCUT2D eigenvalue weighted by Crippen LogP contribution is -2.29. The third-order valence-electron chi connectivity index (χ3n) is 3.24. The summed E-state index contributed by atoms with van der Waals surface area (Å²) in [5.41, 5.74) is 1.85. The molecule has 2 N–H and O–H groups in total. The second-order valence-corrected chi connectivity index (χ2v) is 6.04. The molecule has 0 aromatic heterocycles. The van der Waals surface area contributed by atoms with Gasteiger partial charge >= 0.3 is 11.8 Å². The summed E-state index contributed by atoms with van der Waals surface area (Å²) in [7, 11) is 0. The van der Waals surface area contributed by atoms with E-state index in [-0.39, 0.29) is 16.6 Å². The minimum Gasteiger partial charge on any atom is -0.318 e. The van der Waals surface area contributed by atoms with Crippen molar-refractivity contribution in [3.05, 3.63) is 58.1 Å². The Morgan fingerprint density at radius 3 is 2.09 bits per heavy atom. The van der Waals surface area contributed by atoms with E-state index >= 15 is 0 Å². The van der Waals surface area contributed by atoms with Gasteiger partial charge in [-0.15, -0.1) is 0 Å². The van der Waals surface area contributed by atoms with Crippen molar-refractivity contribution in [2.24, 2.45) is 0 Å². The van der Waals surface area contributed by atoms with Crippen LogP contribution in [0.3, 0.4) is 0 Å². The molecule has 0 radical (unpaired) electrons. The second-order valence-electron chi connectivity index (χ2n) is 5.25. The summed E-state index contributed by atoms with van der Waals surface area (Å²) in [6, 6.07) is 12.2. The number of carbonyl (C=O) groups excluding carboxylic acids is 2. The van der Waals surface area contributed by atoms with Crippen LogP contribution in [0.4, 0.5) is 11.4 Å². The number of hydrogen-bond donors (Lipinski definition) is 2. The van der Waals surface area contributed by atoms with E-state index < -0.39 is 11.8 Å². The summed E-state index contributed by atoms with van der Waals surface area (Å²) in [6.45, 7) is 4.02. The Kier molecular flexibility index (Phi) is 5.64. The van der Waals surface area contributed by atoms with Crippen molar-refractivity contribution in [1.82, 2.24) is 0 Å². The number of para-hydroxylation sites is 1. The first-order valence-electron chi connectivity index (χ1n) is 7.05. The topological polar surface area (TPSA) is 58.2 Å². The van der Waals surface area contributed by atoms with Crippen LogP contribution in [0.15, 0.2) is 42.5 Å². The Morgan fingerprint density at radius 2 is 1.43 bits per heavy atom. The maximum atomic E-state index is 12.1. The lowest BCUT2D eigenvalue weighted by Gasteiger charge is -2.13. The predicted molar refractivity (Wildman–Crippen MR) is 94.3 cm³/mol. The number of nitrogens with one attached hydrogen (secondary N) is 2. The van der Waals surface area contributed by atoms with E-state index in [1.165, 1.54) is 0 Å². The monoisotopic (exact) mass is 350 g/mol. The number of benzene rings is 2. The van der Waals surface area contributed by atoms with Crippen LogP contribution in [-0.2, 0) is 9.59 Å². The normalized spacial score (nSPS) is 10.5. The Morgan fingerprint density at radius 1 is 0.870 bits per heavy atom. The van der Waals surface area contributed by atoms with Gasteiger partial charge < -0.3 is 10.6 Å². The quantitative estimate of drug-likeness (QED) is 0.788. The molecular formula is C17H16Cl2N2O2. The fourth-order valence-corrected chi connectivity index (χ4v) is 2.42.